The normalized spacial score (nSPS) is 15.4. The highest BCUT2D eigenvalue weighted by Crippen LogP contribution is 2.19. The highest BCUT2D eigenvalue weighted by atomic mass is 32.1. The van der Waals surface area contributed by atoms with Crippen LogP contribution in [0.15, 0.2) is 9.80 Å². The molecule has 0 spiro atoms. The summed E-state index contributed by atoms with van der Waals surface area (Å²) in [5.74, 6) is 0.661. The lowest BCUT2D eigenvalue weighted by molar-refractivity contribution is 0.0988. The van der Waals surface area contributed by atoms with Gasteiger partial charge >= 0.3 is 5.91 Å². The van der Waals surface area contributed by atoms with Crippen LogP contribution in [0.4, 0.5) is 5.13 Å². The second kappa shape index (κ2) is 6.58. The molecule has 1 N–H and O–H groups in total. The van der Waals surface area contributed by atoms with Gasteiger partial charge in [-0.2, -0.15) is 0 Å². The van der Waals surface area contributed by atoms with Crippen LogP contribution in [0.5, 0.6) is 0 Å². The fourth-order valence-corrected chi connectivity index (χ4v) is 3.29. The van der Waals surface area contributed by atoms with Gasteiger partial charge in [0.1, 0.15) is 5.76 Å². The van der Waals surface area contributed by atoms with E-state index in [1.165, 1.54) is 11.3 Å². The number of fused-ring (bicyclic) bond motifs is 1. The van der Waals surface area contributed by atoms with Crippen molar-refractivity contribution in [3.8, 4) is 0 Å². The standard InChI is InChI=1S/C15H20N4O2S/c1-3-6-19-7-4-11-12(5-8-19)21-14(17-11)13(20)18-15-16-10(2)9-22-15/h9H,3-8H2,1-2H3,(H,16,18,20). The predicted octanol–water partition coefficient (Wildman–Crippen LogP) is 2.50. The van der Waals surface area contributed by atoms with Crippen molar-refractivity contribution in [2.75, 3.05) is 25.0 Å². The van der Waals surface area contributed by atoms with Crippen LogP contribution in [-0.2, 0) is 12.8 Å². The molecule has 1 aliphatic heterocycles. The molecule has 118 valence electrons. The van der Waals surface area contributed by atoms with E-state index in [0.29, 0.717) is 5.13 Å². The first-order chi connectivity index (χ1) is 10.7. The number of carbonyl (C=O) groups is 1. The molecule has 1 aliphatic rings. The smallest absolute Gasteiger partial charge is 0.313 e. The number of hydrogen-bond acceptors (Lipinski definition) is 6. The molecule has 1 amide bonds. The largest absolute Gasteiger partial charge is 0.437 e. The molecule has 6 nitrogen and oxygen atoms in total. The minimum atomic E-state index is -0.326. The zero-order chi connectivity index (χ0) is 15.5. The van der Waals surface area contributed by atoms with Crippen LogP contribution in [0.2, 0.25) is 0 Å². The minimum absolute atomic E-state index is 0.141. The van der Waals surface area contributed by atoms with E-state index in [1.54, 1.807) is 0 Å². The number of nitrogens with one attached hydrogen (secondary N) is 1. The topological polar surface area (TPSA) is 71.3 Å². The second-order valence-electron chi connectivity index (χ2n) is 5.48. The average molecular weight is 320 g/mol. The molecule has 0 atom stereocenters. The summed E-state index contributed by atoms with van der Waals surface area (Å²) in [7, 11) is 0. The highest BCUT2D eigenvalue weighted by molar-refractivity contribution is 7.13. The molecule has 7 heteroatoms. The molecule has 0 aliphatic carbocycles. The maximum atomic E-state index is 12.2. The van der Waals surface area contributed by atoms with Gasteiger partial charge in [0.2, 0.25) is 0 Å². The first-order valence-corrected chi connectivity index (χ1v) is 8.48. The molecule has 22 heavy (non-hydrogen) atoms. The van der Waals surface area contributed by atoms with Crippen molar-refractivity contribution in [3.63, 3.8) is 0 Å². The molecule has 3 rings (SSSR count). The number of nitrogens with zero attached hydrogens (tertiary/aromatic N) is 3. The van der Waals surface area contributed by atoms with Crippen molar-refractivity contribution in [2.45, 2.75) is 33.1 Å². The summed E-state index contributed by atoms with van der Waals surface area (Å²) in [4.78, 5) is 23.2. The van der Waals surface area contributed by atoms with Crippen molar-refractivity contribution in [2.24, 2.45) is 0 Å². The Morgan fingerprint density at radius 2 is 2.23 bits per heavy atom. The Hall–Kier alpha value is -1.73. The van der Waals surface area contributed by atoms with Gasteiger partial charge in [-0.1, -0.05) is 6.92 Å². The SMILES string of the molecule is CCCN1CCc2nc(C(=O)Nc3nc(C)cs3)oc2CC1. The minimum Gasteiger partial charge on any atom is -0.437 e. The molecule has 0 saturated heterocycles. The maximum Gasteiger partial charge on any atom is 0.313 e. The molecule has 0 aromatic carbocycles. The van der Waals surface area contributed by atoms with Crippen molar-refractivity contribution >= 4 is 22.4 Å². The highest BCUT2D eigenvalue weighted by Gasteiger charge is 2.22. The molecule has 0 saturated carbocycles. The van der Waals surface area contributed by atoms with Gasteiger partial charge in [-0.05, 0) is 19.9 Å². The number of rotatable bonds is 4. The molecule has 0 radical (unpaired) electrons. The second-order valence-corrected chi connectivity index (χ2v) is 6.34. The summed E-state index contributed by atoms with van der Waals surface area (Å²) < 4.78 is 5.68. The third kappa shape index (κ3) is 3.36. The lowest BCUT2D eigenvalue weighted by Crippen LogP contribution is -2.27. The van der Waals surface area contributed by atoms with Crippen molar-refractivity contribution in [1.82, 2.24) is 14.9 Å². The molecule has 0 fully saturated rings. The summed E-state index contributed by atoms with van der Waals surface area (Å²) in [5, 5.41) is 5.20. The number of thiazole rings is 1. The third-order valence-electron chi connectivity index (χ3n) is 3.67. The molecule has 0 unspecified atom stereocenters. The van der Waals surface area contributed by atoms with E-state index in [1.807, 2.05) is 12.3 Å². The lowest BCUT2D eigenvalue weighted by atomic mass is 10.2. The zero-order valence-electron chi connectivity index (χ0n) is 12.9. The van der Waals surface area contributed by atoms with Crippen molar-refractivity contribution in [1.29, 1.82) is 0 Å². The number of hydrogen-bond donors (Lipinski definition) is 1. The van der Waals surface area contributed by atoms with E-state index in [9.17, 15) is 4.79 Å². The summed E-state index contributed by atoms with van der Waals surface area (Å²) in [6.07, 6.45) is 2.80. The van der Waals surface area contributed by atoms with Gasteiger partial charge in [-0.15, -0.1) is 11.3 Å². The van der Waals surface area contributed by atoms with Crippen LogP contribution in [-0.4, -0.2) is 40.4 Å². The monoisotopic (exact) mass is 320 g/mol. The molecule has 0 bridgehead atoms. The summed E-state index contributed by atoms with van der Waals surface area (Å²) in [6, 6.07) is 0. The van der Waals surface area contributed by atoms with E-state index < -0.39 is 0 Å². The van der Waals surface area contributed by atoms with Gasteiger partial charge in [0.05, 0.1) is 11.4 Å². The van der Waals surface area contributed by atoms with E-state index in [-0.39, 0.29) is 11.8 Å². The van der Waals surface area contributed by atoms with Crippen molar-refractivity contribution < 1.29 is 9.21 Å². The molecule has 2 aromatic rings. The summed E-state index contributed by atoms with van der Waals surface area (Å²) >= 11 is 1.40. The quantitative estimate of drug-likeness (QED) is 0.937. The first-order valence-electron chi connectivity index (χ1n) is 7.60. The van der Waals surface area contributed by atoms with Gasteiger partial charge in [-0.3, -0.25) is 10.1 Å². The van der Waals surface area contributed by atoms with E-state index in [4.69, 9.17) is 4.42 Å². The van der Waals surface area contributed by atoms with Crippen LogP contribution in [0.1, 0.15) is 41.2 Å². The Morgan fingerprint density at radius 3 is 2.95 bits per heavy atom. The number of aryl methyl sites for hydroxylation is 1. The number of amides is 1. The van der Waals surface area contributed by atoms with Gasteiger partial charge in [0, 0.05) is 31.3 Å². The number of oxazole rings is 1. The fourth-order valence-electron chi connectivity index (χ4n) is 2.61. The van der Waals surface area contributed by atoms with E-state index in [2.05, 4.69) is 27.1 Å². The molecular weight excluding hydrogens is 300 g/mol. The lowest BCUT2D eigenvalue weighted by Gasteiger charge is -2.17. The predicted molar refractivity (Wildman–Crippen MR) is 85.4 cm³/mol. The first kappa shape index (κ1) is 15.2. The van der Waals surface area contributed by atoms with Crippen LogP contribution in [0.3, 0.4) is 0 Å². The van der Waals surface area contributed by atoms with Crippen LogP contribution >= 0.6 is 11.3 Å². The van der Waals surface area contributed by atoms with Gasteiger partial charge in [0.15, 0.2) is 5.13 Å². The summed E-state index contributed by atoms with van der Waals surface area (Å²) in [5.41, 5.74) is 1.80. The van der Waals surface area contributed by atoms with Crippen LogP contribution in [0, 0.1) is 6.92 Å². The number of carbonyl (C=O) groups excluding carboxylic acids is 1. The average Bonchev–Trinajstić information content (AvgIpc) is 3.04. The van der Waals surface area contributed by atoms with Crippen LogP contribution in [0.25, 0.3) is 0 Å². The Morgan fingerprint density at radius 1 is 1.41 bits per heavy atom. The number of aromatic nitrogens is 2. The molecule has 3 heterocycles. The Bertz CT molecular complexity index is 639. The Labute approximate surface area is 133 Å². The fraction of sp³-hybridized carbons (Fsp3) is 0.533. The van der Waals surface area contributed by atoms with Gasteiger partial charge in [0.25, 0.3) is 5.89 Å². The van der Waals surface area contributed by atoms with Crippen LogP contribution < -0.4 is 5.32 Å². The van der Waals surface area contributed by atoms with E-state index in [0.717, 1.165) is 56.0 Å². The summed E-state index contributed by atoms with van der Waals surface area (Å²) in [6.45, 7) is 7.11. The maximum absolute atomic E-state index is 12.2. The molecule has 2 aromatic heterocycles. The van der Waals surface area contributed by atoms with Crippen molar-refractivity contribution in [3.05, 3.63) is 28.4 Å². The van der Waals surface area contributed by atoms with Gasteiger partial charge < -0.3 is 9.32 Å². The third-order valence-corrected chi connectivity index (χ3v) is 4.55. The Kier molecular flexibility index (Phi) is 4.54. The van der Waals surface area contributed by atoms with Gasteiger partial charge in [-0.25, -0.2) is 9.97 Å². The number of anilines is 1. The molecular formula is C15H20N4O2S. The zero-order valence-corrected chi connectivity index (χ0v) is 13.7. The Balaban J connectivity index is 1.68. The van der Waals surface area contributed by atoms with E-state index >= 15 is 0 Å².